The first-order valence-electron chi connectivity index (χ1n) is 9.15. The van der Waals surface area contributed by atoms with E-state index in [0.29, 0.717) is 17.1 Å². The lowest BCUT2D eigenvalue weighted by Crippen LogP contribution is -2.29. The summed E-state index contributed by atoms with van der Waals surface area (Å²) in [5.74, 6) is 0.194. The first-order chi connectivity index (χ1) is 14.5. The fourth-order valence-electron chi connectivity index (χ4n) is 3.75. The van der Waals surface area contributed by atoms with Crippen LogP contribution in [-0.2, 0) is 0 Å². The van der Waals surface area contributed by atoms with Crippen LogP contribution >= 0.6 is 0 Å². The van der Waals surface area contributed by atoms with Gasteiger partial charge in [0.2, 0.25) is 5.76 Å². The lowest BCUT2D eigenvalue weighted by atomic mass is 9.98. The molecule has 0 unspecified atom stereocenters. The van der Waals surface area contributed by atoms with E-state index in [1.807, 2.05) is 0 Å². The molecule has 0 radical (unpaired) electrons. The van der Waals surface area contributed by atoms with Gasteiger partial charge < -0.3 is 13.7 Å². The maximum Gasteiger partial charge on any atom is 0.296 e. The highest BCUT2D eigenvalue weighted by Crippen LogP contribution is 2.41. The van der Waals surface area contributed by atoms with E-state index in [-0.39, 0.29) is 28.1 Å². The van der Waals surface area contributed by atoms with Gasteiger partial charge in [-0.15, -0.1) is 0 Å². The Morgan fingerprint density at radius 2 is 1.87 bits per heavy atom. The molecule has 0 bridgehead atoms. The number of hydrogen-bond donors (Lipinski definition) is 0. The Balaban J connectivity index is 1.80. The molecule has 0 saturated carbocycles. The molecule has 150 valence electrons. The first-order valence-corrected chi connectivity index (χ1v) is 9.15. The van der Waals surface area contributed by atoms with Crippen molar-refractivity contribution in [3.05, 3.63) is 87.2 Å². The number of aryl methyl sites for hydroxylation is 1. The van der Waals surface area contributed by atoms with E-state index < -0.39 is 23.2 Å². The highest BCUT2D eigenvalue weighted by molar-refractivity contribution is 6.10. The number of ether oxygens (including phenoxy) is 1. The summed E-state index contributed by atoms with van der Waals surface area (Å²) in [5.41, 5.74) is 0.443. The monoisotopic (exact) mass is 406 g/mol. The molecule has 0 saturated heterocycles. The zero-order valence-corrected chi connectivity index (χ0v) is 16.0. The predicted molar refractivity (Wildman–Crippen MR) is 105 cm³/mol. The quantitative estimate of drug-likeness (QED) is 0.511. The standard InChI is InChI=1S/C22H15FN2O5/c1-11-9-17(24-30-11)25-19(12-3-6-14(28-2)7-4-12)18-20(26)15-10-13(23)5-8-16(15)29-21(18)22(25)27/h3-10,19H,1-2H3/t19-/m1/s1. The fraction of sp³-hybridized carbons (Fsp3) is 0.136. The molecule has 0 spiro atoms. The summed E-state index contributed by atoms with van der Waals surface area (Å²) in [5, 5.41) is 4.02. The number of carbonyl (C=O) groups excluding carboxylic acids is 1. The van der Waals surface area contributed by atoms with Crippen LogP contribution in [0.25, 0.3) is 11.0 Å². The van der Waals surface area contributed by atoms with Crippen LogP contribution in [0.15, 0.2) is 62.3 Å². The highest BCUT2D eigenvalue weighted by Gasteiger charge is 2.44. The van der Waals surface area contributed by atoms with Crippen molar-refractivity contribution >= 4 is 22.7 Å². The van der Waals surface area contributed by atoms with Crippen LogP contribution in [0.2, 0.25) is 0 Å². The Bertz CT molecular complexity index is 1360. The van der Waals surface area contributed by atoms with Crippen molar-refractivity contribution in [3.8, 4) is 5.75 Å². The second-order valence-corrected chi connectivity index (χ2v) is 6.96. The van der Waals surface area contributed by atoms with Crippen LogP contribution in [0.3, 0.4) is 0 Å². The second-order valence-electron chi connectivity index (χ2n) is 6.96. The third kappa shape index (κ3) is 2.61. The Hall–Kier alpha value is -3.94. The molecule has 1 aliphatic rings. The van der Waals surface area contributed by atoms with Crippen LogP contribution in [0.4, 0.5) is 10.2 Å². The van der Waals surface area contributed by atoms with Crippen molar-refractivity contribution in [2.75, 3.05) is 12.0 Å². The van der Waals surface area contributed by atoms with Gasteiger partial charge in [-0.3, -0.25) is 14.5 Å². The van der Waals surface area contributed by atoms with Gasteiger partial charge in [0.25, 0.3) is 5.91 Å². The SMILES string of the molecule is COc1ccc([C@@H]2c3c(oc4ccc(F)cc4c3=O)C(=O)N2c2cc(C)on2)cc1. The molecular formula is C22H15FN2O5. The van der Waals surface area contributed by atoms with Crippen molar-refractivity contribution in [1.29, 1.82) is 0 Å². The first kappa shape index (κ1) is 18.1. The summed E-state index contributed by atoms with van der Waals surface area (Å²) in [4.78, 5) is 28.0. The number of anilines is 1. The molecule has 30 heavy (non-hydrogen) atoms. The summed E-state index contributed by atoms with van der Waals surface area (Å²) in [6, 6.07) is 11.4. The number of amides is 1. The van der Waals surface area contributed by atoms with Gasteiger partial charge in [0.15, 0.2) is 11.2 Å². The summed E-state index contributed by atoms with van der Waals surface area (Å²) >= 11 is 0. The van der Waals surface area contributed by atoms with E-state index in [0.717, 1.165) is 6.07 Å². The van der Waals surface area contributed by atoms with E-state index in [9.17, 15) is 14.0 Å². The smallest absolute Gasteiger partial charge is 0.296 e. The molecule has 3 heterocycles. The molecule has 1 atom stereocenters. The topological polar surface area (TPSA) is 85.8 Å². The summed E-state index contributed by atoms with van der Waals surface area (Å²) in [7, 11) is 1.54. The number of methoxy groups -OCH3 is 1. The van der Waals surface area contributed by atoms with Crippen LogP contribution in [0, 0.1) is 12.7 Å². The molecule has 0 N–H and O–H groups in total. The molecular weight excluding hydrogens is 391 g/mol. The Morgan fingerprint density at radius 1 is 1.10 bits per heavy atom. The van der Waals surface area contributed by atoms with Gasteiger partial charge in [-0.25, -0.2) is 4.39 Å². The predicted octanol–water partition coefficient (Wildman–Crippen LogP) is 3.99. The minimum absolute atomic E-state index is 0.0678. The fourth-order valence-corrected chi connectivity index (χ4v) is 3.75. The van der Waals surface area contributed by atoms with Crippen LogP contribution < -0.4 is 15.1 Å². The minimum atomic E-state index is -0.813. The van der Waals surface area contributed by atoms with Crippen molar-refractivity contribution in [2.45, 2.75) is 13.0 Å². The summed E-state index contributed by atoms with van der Waals surface area (Å²) < 4.78 is 29.9. The third-order valence-electron chi connectivity index (χ3n) is 5.13. The lowest BCUT2D eigenvalue weighted by Gasteiger charge is -2.22. The number of benzene rings is 2. The molecule has 7 nitrogen and oxygen atoms in total. The number of carbonyl (C=O) groups is 1. The van der Waals surface area contributed by atoms with Gasteiger partial charge in [-0.05, 0) is 42.8 Å². The molecule has 4 aromatic rings. The Morgan fingerprint density at radius 3 is 2.53 bits per heavy atom. The zero-order valence-electron chi connectivity index (χ0n) is 16.0. The van der Waals surface area contributed by atoms with Gasteiger partial charge >= 0.3 is 0 Å². The lowest BCUT2D eigenvalue weighted by molar-refractivity contribution is 0.0969. The van der Waals surface area contributed by atoms with Crippen LogP contribution in [0.5, 0.6) is 5.75 Å². The molecule has 0 fully saturated rings. The number of rotatable bonds is 3. The number of fused-ring (bicyclic) bond motifs is 2. The average Bonchev–Trinajstić information content (AvgIpc) is 3.30. The van der Waals surface area contributed by atoms with Crippen LogP contribution in [-0.4, -0.2) is 18.2 Å². The van der Waals surface area contributed by atoms with Crippen molar-refractivity contribution in [1.82, 2.24) is 5.16 Å². The summed E-state index contributed by atoms with van der Waals surface area (Å²) in [6.45, 7) is 1.70. The molecule has 2 aromatic carbocycles. The highest BCUT2D eigenvalue weighted by atomic mass is 19.1. The molecule has 5 rings (SSSR count). The van der Waals surface area contributed by atoms with Gasteiger partial charge in [-0.1, -0.05) is 17.3 Å². The van der Waals surface area contributed by atoms with Gasteiger partial charge in [0.05, 0.1) is 24.1 Å². The van der Waals surface area contributed by atoms with Crippen LogP contribution in [0.1, 0.15) is 33.5 Å². The van der Waals surface area contributed by atoms with Gasteiger partial charge in [-0.2, -0.15) is 0 Å². The molecule has 8 heteroatoms. The van der Waals surface area contributed by atoms with E-state index >= 15 is 0 Å². The number of halogens is 1. The largest absolute Gasteiger partial charge is 0.497 e. The normalized spacial score (nSPS) is 15.6. The van der Waals surface area contributed by atoms with E-state index in [4.69, 9.17) is 13.7 Å². The number of nitrogens with zero attached hydrogens (tertiary/aromatic N) is 2. The molecule has 0 aliphatic carbocycles. The summed E-state index contributed by atoms with van der Waals surface area (Å²) in [6.07, 6.45) is 0. The molecule has 1 amide bonds. The number of hydrogen-bond acceptors (Lipinski definition) is 6. The minimum Gasteiger partial charge on any atom is -0.497 e. The van der Waals surface area contributed by atoms with E-state index in [1.165, 1.54) is 17.0 Å². The molecule has 1 aliphatic heterocycles. The van der Waals surface area contributed by atoms with Crippen molar-refractivity contribution in [2.24, 2.45) is 0 Å². The van der Waals surface area contributed by atoms with Gasteiger partial charge in [0, 0.05) is 6.07 Å². The maximum absolute atomic E-state index is 13.8. The second kappa shape index (κ2) is 6.55. The third-order valence-corrected chi connectivity index (χ3v) is 5.13. The maximum atomic E-state index is 13.8. The Labute approximate surface area is 169 Å². The van der Waals surface area contributed by atoms with Crippen molar-refractivity contribution in [3.63, 3.8) is 0 Å². The average molecular weight is 406 g/mol. The van der Waals surface area contributed by atoms with E-state index in [1.54, 1.807) is 44.4 Å². The van der Waals surface area contributed by atoms with Crippen molar-refractivity contribution < 1.29 is 22.9 Å². The zero-order chi connectivity index (χ0) is 21.0. The Kier molecular flexibility index (Phi) is 3.95. The number of aromatic nitrogens is 1. The van der Waals surface area contributed by atoms with Gasteiger partial charge in [0.1, 0.15) is 22.9 Å². The molecule has 2 aromatic heterocycles. The van der Waals surface area contributed by atoms with E-state index in [2.05, 4.69) is 5.16 Å².